The molecule has 31 heavy (non-hydrogen) atoms. The van der Waals surface area contributed by atoms with Crippen LogP contribution in [-0.2, 0) is 17.9 Å². The van der Waals surface area contributed by atoms with E-state index in [0.29, 0.717) is 6.54 Å². The van der Waals surface area contributed by atoms with E-state index in [1.54, 1.807) is 6.20 Å². The van der Waals surface area contributed by atoms with Gasteiger partial charge in [-0.25, -0.2) is 0 Å². The first kappa shape index (κ1) is 19.3. The van der Waals surface area contributed by atoms with Crippen LogP contribution in [0.1, 0.15) is 34.8 Å². The van der Waals surface area contributed by atoms with Crippen LogP contribution in [0.5, 0.6) is 0 Å². The number of fused-ring (bicyclic) bond motifs is 1. The molecule has 1 aliphatic carbocycles. The number of rotatable bonds is 8. The molecule has 156 valence electrons. The van der Waals surface area contributed by atoms with Crippen LogP contribution in [-0.4, -0.2) is 26.0 Å². The fraction of sp³-hybridized carbons (Fsp3) is 0.240. The molecule has 1 aliphatic rings. The summed E-state index contributed by atoms with van der Waals surface area (Å²) in [7, 11) is 0. The Morgan fingerprint density at radius 1 is 1.03 bits per heavy atom. The van der Waals surface area contributed by atoms with Gasteiger partial charge in [0.2, 0.25) is 5.91 Å². The molecule has 1 saturated carbocycles. The van der Waals surface area contributed by atoms with Gasteiger partial charge in [0.15, 0.2) is 5.78 Å². The number of para-hydroxylation sites is 1. The average molecular weight is 412 g/mol. The predicted octanol–water partition coefficient (Wildman–Crippen LogP) is 3.99. The van der Waals surface area contributed by atoms with Gasteiger partial charge in [-0.1, -0.05) is 48.5 Å². The highest BCUT2D eigenvalue weighted by atomic mass is 16.2. The van der Waals surface area contributed by atoms with Gasteiger partial charge >= 0.3 is 0 Å². The molecular formula is C25H24N4O2. The molecule has 4 aromatic rings. The predicted molar refractivity (Wildman–Crippen MR) is 119 cm³/mol. The third-order valence-electron chi connectivity index (χ3n) is 5.78. The van der Waals surface area contributed by atoms with E-state index in [4.69, 9.17) is 0 Å². The van der Waals surface area contributed by atoms with Crippen molar-refractivity contribution in [3.63, 3.8) is 0 Å². The third-order valence-corrected chi connectivity index (χ3v) is 5.78. The maximum absolute atomic E-state index is 13.0. The van der Waals surface area contributed by atoms with Crippen LogP contribution < -0.4 is 5.32 Å². The van der Waals surface area contributed by atoms with Gasteiger partial charge in [0.1, 0.15) is 6.54 Å². The summed E-state index contributed by atoms with van der Waals surface area (Å²) in [6.07, 6.45) is 7.39. The monoisotopic (exact) mass is 412 g/mol. The Morgan fingerprint density at radius 2 is 1.81 bits per heavy atom. The lowest BCUT2D eigenvalue weighted by molar-refractivity contribution is -0.122. The fourth-order valence-corrected chi connectivity index (χ4v) is 4.05. The minimum Gasteiger partial charge on any atom is -0.346 e. The van der Waals surface area contributed by atoms with E-state index in [2.05, 4.69) is 10.4 Å². The first-order valence-corrected chi connectivity index (χ1v) is 10.6. The first-order chi connectivity index (χ1) is 15.2. The number of hydrogen-bond acceptors (Lipinski definition) is 3. The van der Waals surface area contributed by atoms with E-state index in [-0.39, 0.29) is 30.2 Å². The molecule has 2 aromatic heterocycles. The summed E-state index contributed by atoms with van der Waals surface area (Å²) in [5, 5.41) is 8.35. The summed E-state index contributed by atoms with van der Waals surface area (Å²) < 4.78 is 3.70. The first-order valence-electron chi connectivity index (χ1n) is 10.6. The number of aromatic nitrogens is 3. The molecule has 6 nitrogen and oxygen atoms in total. The number of nitrogens with zero attached hydrogens (tertiary/aromatic N) is 3. The summed E-state index contributed by atoms with van der Waals surface area (Å²) in [6, 6.07) is 19.4. The maximum Gasteiger partial charge on any atom is 0.240 e. The molecule has 1 atom stereocenters. The molecule has 6 heteroatoms. The number of benzene rings is 2. The summed E-state index contributed by atoms with van der Waals surface area (Å²) in [5.74, 6) is 0.230. The topological polar surface area (TPSA) is 68.9 Å². The number of carbonyl (C=O) groups excluding carboxylic acids is 2. The number of hydrogen-bond donors (Lipinski definition) is 1. The third kappa shape index (κ3) is 4.14. The Bertz CT molecular complexity index is 1210. The van der Waals surface area contributed by atoms with Crippen LogP contribution in [0.15, 0.2) is 79.3 Å². The number of Topliss-reactive ketones (excluding diaryl/α,β-unsaturated/α-hetero) is 1. The molecular weight excluding hydrogens is 388 g/mol. The second-order valence-corrected chi connectivity index (χ2v) is 8.09. The Balaban J connectivity index is 1.38. The van der Waals surface area contributed by atoms with Crippen molar-refractivity contribution in [2.75, 3.05) is 0 Å². The lowest BCUT2D eigenvalue weighted by Gasteiger charge is -2.20. The van der Waals surface area contributed by atoms with E-state index < -0.39 is 0 Å². The number of ketones is 1. The molecule has 1 unspecified atom stereocenters. The summed E-state index contributed by atoms with van der Waals surface area (Å²) in [5.41, 5.74) is 2.65. The molecule has 2 aromatic carbocycles. The van der Waals surface area contributed by atoms with Gasteiger partial charge in [-0.2, -0.15) is 5.10 Å². The van der Waals surface area contributed by atoms with Crippen molar-refractivity contribution in [3.8, 4) is 0 Å². The molecule has 0 saturated heterocycles. The van der Waals surface area contributed by atoms with Gasteiger partial charge in [0, 0.05) is 41.0 Å². The Hall–Kier alpha value is -3.67. The van der Waals surface area contributed by atoms with Gasteiger partial charge in [0.05, 0.1) is 12.6 Å². The summed E-state index contributed by atoms with van der Waals surface area (Å²) in [4.78, 5) is 25.8. The van der Waals surface area contributed by atoms with Crippen LogP contribution in [0.2, 0.25) is 0 Å². The number of amides is 1. The van der Waals surface area contributed by atoms with Crippen LogP contribution in [0.3, 0.4) is 0 Å². The zero-order valence-electron chi connectivity index (χ0n) is 17.1. The largest absolute Gasteiger partial charge is 0.346 e. The van der Waals surface area contributed by atoms with Gasteiger partial charge in [-0.3, -0.25) is 14.3 Å². The quantitative estimate of drug-likeness (QED) is 0.445. The lowest BCUT2D eigenvalue weighted by Crippen LogP contribution is -2.34. The highest BCUT2D eigenvalue weighted by Gasteiger charge is 2.32. The Labute approximate surface area is 180 Å². The Morgan fingerprint density at radius 3 is 2.55 bits per heavy atom. The molecule has 0 aliphatic heterocycles. The molecule has 1 N–H and O–H groups in total. The minimum absolute atomic E-state index is 0.104. The molecule has 1 amide bonds. The molecule has 0 radical (unpaired) electrons. The second-order valence-electron chi connectivity index (χ2n) is 8.09. The van der Waals surface area contributed by atoms with E-state index >= 15 is 0 Å². The standard InChI is InChI=1S/C25H24N4O2/c30-24(27-22(16-29-14-6-13-26-29)18-7-2-1-3-8-18)17-28-15-21(25(31)19-11-12-19)20-9-4-5-10-23(20)28/h1-10,13-15,19,22H,11-12,16-17H2,(H,27,30). The zero-order valence-corrected chi connectivity index (χ0v) is 17.1. The fourth-order valence-electron chi connectivity index (χ4n) is 4.05. The molecule has 0 spiro atoms. The SMILES string of the molecule is O=C(Cn1cc(C(=O)C2CC2)c2ccccc21)NC(Cn1cccn1)c1ccccc1. The highest BCUT2D eigenvalue weighted by Crippen LogP contribution is 2.35. The van der Waals surface area contributed by atoms with Crippen LogP contribution in [0.4, 0.5) is 0 Å². The minimum atomic E-state index is -0.206. The van der Waals surface area contributed by atoms with E-state index in [1.165, 1.54) is 0 Å². The normalized spacial score (nSPS) is 14.5. The van der Waals surface area contributed by atoms with Crippen molar-refractivity contribution < 1.29 is 9.59 Å². The van der Waals surface area contributed by atoms with Crippen molar-refractivity contribution in [3.05, 3.63) is 90.4 Å². The van der Waals surface area contributed by atoms with Crippen LogP contribution >= 0.6 is 0 Å². The average Bonchev–Trinajstić information content (AvgIpc) is 3.41. The Kier molecular flexibility index (Phi) is 5.12. The number of nitrogens with one attached hydrogen (secondary N) is 1. The second kappa shape index (κ2) is 8.22. The van der Waals surface area contributed by atoms with Crippen molar-refractivity contribution in [1.82, 2.24) is 19.7 Å². The van der Waals surface area contributed by atoms with Gasteiger partial charge in [0.25, 0.3) is 0 Å². The van der Waals surface area contributed by atoms with Crippen molar-refractivity contribution in [2.24, 2.45) is 5.92 Å². The van der Waals surface area contributed by atoms with Crippen molar-refractivity contribution in [2.45, 2.75) is 32.0 Å². The summed E-state index contributed by atoms with van der Waals surface area (Å²) in [6.45, 7) is 0.696. The van der Waals surface area contributed by atoms with E-state index in [1.807, 2.05) is 82.3 Å². The molecule has 1 fully saturated rings. The van der Waals surface area contributed by atoms with Crippen molar-refractivity contribution >= 4 is 22.6 Å². The molecule has 5 rings (SSSR count). The molecule has 0 bridgehead atoms. The lowest BCUT2D eigenvalue weighted by atomic mass is 10.1. The maximum atomic E-state index is 13.0. The number of carbonyl (C=O) groups is 2. The smallest absolute Gasteiger partial charge is 0.240 e. The highest BCUT2D eigenvalue weighted by molar-refractivity contribution is 6.10. The summed E-state index contributed by atoms with van der Waals surface area (Å²) >= 11 is 0. The van der Waals surface area contributed by atoms with E-state index in [9.17, 15) is 9.59 Å². The van der Waals surface area contributed by atoms with Crippen LogP contribution in [0.25, 0.3) is 10.9 Å². The van der Waals surface area contributed by atoms with Gasteiger partial charge in [-0.05, 0) is 30.5 Å². The zero-order chi connectivity index (χ0) is 21.2. The van der Waals surface area contributed by atoms with Gasteiger partial charge in [-0.15, -0.1) is 0 Å². The van der Waals surface area contributed by atoms with E-state index in [0.717, 1.165) is 34.9 Å². The van der Waals surface area contributed by atoms with Crippen molar-refractivity contribution in [1.29, 1.82) is 0 Å². The molecule has 2 heterocycles. The van der Waals surface area contributed by atoms with Crippen LogP contribution in [0, 0.1) is 5.92 Å². The van der Waals surface area contributed by atoms with Gasteiger partial charge < -0.3 is 9.88 Å².